The second-order valence-corrected chi connectivity index (χ2v) is 4.35. The number of nitrogen functional groups attached to an aromatic ring is 1. The number of benzene rings is 1. The zero-order chi connectivity index (χ0) is 15.7. The average Bonchev–Trinajstić information content (AvgIpc) is 3.01. The molecule has 0 unspecified atom stereocenters. The lowest BCUT2D eigenvalue weighted by Crippen LogP contribution is -2.11. The van der Waals surface area contributed by atoms with Crippen molar-refractivity contribution in [2.75, 3.05) is 26.7 Å². The molecule has 0 radical (unpaired) electrons. The van der Waals surface area contributed by atoms with Crippen LogP contribution in [0.25, 0.3) is 11.4 Å². The van der Waals surface area contributed by atoms with Gasteiger partial charge in [0.05, 0.1) is 19.8 Å². The Balaban J connectivity index is 2.19. The number of carbonyl (C=O) groups is 1. The monoisotopic (exact) mass is 303 g/mol. The fraction of sp³-hybridized carbons (Fsp3) is 0.214. The van der Waals surface area contributed by atoms with Gasteiger partial charge in [-0.05, 0) is 12.1 Å². The van der Waals surface area contributed by atoms with Gasteiger partial charge >= 0.3 is 5.97 Å². The summed E-state index contributed by atoms with van der Waals surface area (Å²) in [4.78, 5) is 20.2. The second kappa shape index (κ2) is 5.40. The standard InChI is InChI=1S/C14H13N3O5/c1-19-11-9(14(18)20-2)16-13(17-12(11)15)7-4-3-5-8-10(7)22-6-21-8/h3-5H,6H2,1-2H3,(H2,15,16,17). The second-order valence-electron chi connectivity index (χ2n) is 4.35. The number of carbonyl (C=O) groups excluding carboxylic acids is 1. The van der Waals surface area contributed by atoms with Crippen LogP contribution in [-0.4, -0.2) is 36.9 Å². The van der Waals surface area contributed by atoms with Gasteiger partial charge in [0.1, 0.15) is 0 Å². The van der Waals surface area contributed by atoms with Crippen molar-refractivity contribution in [3.63, 3.8) is 0 Å². The molecule has 114 valence electrons. The Bertz CT molecular complexity index is 747. The molecular formula is C14H13N3O5. The Morgan fingerprint density at radius 1 is 1.27 bits per heavy atom. The van der Waals surface area contributed by atoms with Crippen molar-refractivity contribution < 1.29 is 23.7 Å². The summed E-state index contributed by atoms with van der Waals surface area (Å²) in [5, 5.41) is 0. The van der Waals surface area contributed by atoms with E-state index in [0.29, 0.717) is 17.1 Å². The summed E-state index contributed by atoms with van der Waals surface area (Å²) in [7, 11) is 2.62. The zero-order valence-electron chi connectivity index (χ0n) is 12.0. The van der Waals surface area contributed by atoms with Gasteiger partial charge in [0.25, 0.3) is 0 Å². The molecule has 1 aromatic heterocycles. The van der Waals surface area contributed by atoms with Crippen LogP contribution < -0.4 is 19.9 Å². The molecule has 2 N–H and O–H groups in total. The van der Waals surface area contributed by atoms with Crippen LogP contribution in [0.1, 0.15) is 10.5 Å². The number of ether oxygens (including phenoxy) is 4. The lowest BCUT2D eigenvalue weighted by atomic mass is 10.1. The third-order valence-electron chi connectivity index (χ3n) is 3.11. The van der Waals surface area contributed by atoms with E-state index in [4.69, 9.17) is 24.7 Å². The number of nitrogens with zero attached hydrogens (tertiary/aromatic N) is 2. The van der Waals surface area contributed by atoms with Crippen molar-refractivity contribution >= 4 is 11.8 Å². The zero-order valence-corrected chi connectivity index (χ0v) is 12.0. The number of nitrogens with two attached hydrogens (primary N) is 1. The Kier molecular flexibility index (Phi) is 3.42. The molecule has 1 aliphatic heterocycles. The maximum atomic E-state index is 11.9. The minimum atomic E-state index is -0.669. The quantitative estimate of drug-likeness (QED) is 0.844. The van der Waals surface area contributed by atoms with Crippen LogP contribution in [0.3, 0.4) is 0 Å². The molecule has 1 aromatic carbocycles. The van der Waals surface area contributed by atoms with E-state index in [0.717, 1.165) is 0 Å². The summed E-state index contributed by atoms with van der Waals surface area (Å²) in [6, 6.07) is 5.28. The summed E-state index contributed by atoms with van der Waals surface area (Å²) in [5.41, 5.74) is 6.36. The van der Waals surface area contributed by atoms with E-state index >= 15 is 0 Å². The van der Waals surface area contributed by atoms with Gasteiger partial charge in [0.2, 0.25) is 6.79 Å². The first-order chi connectivity index (χ1) is 10.7. The Morgan fingerprint density at radius 3 is 2.82 bits per heavy atom. The molecule has 0 spiro atoms. The number of fused-ring (bicyclic) bond motifs is 1. The fourth-order valence-corrected chi connectivity index (χ4v) is 2.13. The van der Waals surface area contributed by atoms with E-state index in [1.54, 1.807) is 18.2 Å². The van der Waals surface area contributed by atoms with E-state index in [9.17, 15) is 4.79 Å². The Morgan fingerprint density at radius 2 is 2.09 bits per heavy atom. The molecule has 0 bridgehead atoms. The molecule has 8 nitrogen and oxygen atoms in total. The first kappa shape index (κ1) is 13.9. The van der Waals surface area contributed by atoms with Gasteiger partial charge in [-0.3, -0.25) is 0 Å². The van der Waals surface area contributed by atoms with Gasteiger partial charge < -0.3 is 24.7 Å². The minimum Gasteiger partial charge on any atom is -0.491 e. The van der Waals surface area contributed by atoms with Gasteiger partial charge in [-0.1, -0.05) is 6.07 Å². The molecule has 8 heteroatoms. The lowest BCUT2D eigenvalue weighted by molar-refractivity contribution is 0.0590. The van der Waals surface area contributed by atoms with Crippen molar-refractivity contribution in [3.05, 3.63) is 23.9 Å². The Labute approximate surface area is 125 Å². The molecule has 2 heterocycles. The first-order valence-corrected chi connectivity index (χ1v) is 6.34. The largest absolute Gasteiger partial charge is 0.491 e. The third-order valence-corrected chi connectivity index (χ3v) is 3.11. The molecule has 2 aromatic rings. The molecular weight excluding hydrogens is 290 g/mol. The van der Waals surface area contributed by atoms with Crippen LogP contribution in [0, 0.1) is 0 Å². The van der Waals surface area contributed by atoms with Gasteiger partial charge in [0.15, 0.2) is 34.6 Å². The molecule has 1 aliphatic rings. The van der Waals surface area contributed by atoms with Crippen LogP contribution in [0.2, 0.25) is 0 Å². The van der Waals surface area contributed by atoms with Crippen molar-refractivity contribution in [1.29, 1.82) is 0 Å². The third kappa shape index (κ3) is 2.14. The number of para-hydroxylation sites is 1. The molecule has 0 fully saturated rings. The highest BCUT2D eigenvalue weighted by Crippen LogP contribution is 2.40. The number of hydrogen-bond donors (Lipinski definition) is 1. The average molecular weight is 303 g/mol. The number of aromatic nitrogens is 2. The number of methoxy groups -OCH3 is 2. The molecule has 22 heavy (non-hydrogen) atoms. The van der Waals surface area contributed by atoms with E-state index in [1.165, 1.54) is 14.2 Å². The number of rotatable bonds is 3. The fourth-order valence-electron chi connectivity index (χ4n) is 2.13. The smallest absolute Gasteiger partial charge is 0.360 e. The summed E-state index contributed by atoms with van der Waals surface area (Å²) in [6.07, 6.45) is 0. The number of esters is 1. The predicted molar refractivity (Wildman–Crippen MR) is 75.9 cm³/mol. The summed E-state index contributed by atoms with van der Waals surface area (Å²) in [6.45, 7) is 0.113. The molecule has 3 rings (SSSR count). The topological polar surface area (TPSA) is 106 Å². The highest BCUT2D eigenvalue weighted by Gasteiger charge is 2.25. The van der Waals surface area contributed by atoms with Gasteiger partial charge in [-0.2, -0.15) is 0 Å². The van der Waals surface area contributed by atoms with Crippen molar-refractivity contribution in [1.82, 2.24) is 9.97 Å². The van der Waals surface area contributed by atoms with Crippen LogP contribution in [-0.2, 0) is 4.74 Å². The summed E-state index contributed by atoms with van der Waals surface area (Å²) >= 11 is 0. The highest BCUT2D eigenvalue weighted by atomic mass is 16.7. The van der Waals surface area contributed by atoms with Crippen molar-refractivity contribution in [2.24, 2.45) is 0 Å². The van der Waals surface area contributed by atoms with Crippen LogP contribution >= 0.6 is 0 Å². The van der Waals surface area contributed by atoms with Crippen LogP contribution in [0.5, 0.6) is 17.2 Å². The van der Waals surface area contributed by atoms with E-state index in [-0.39, 0.29) is 29.9 Å². The lowest BCUT2D eigenvalue weighted by Gasteiger charge is -2.11. The van der Waals surface area contributed by atoms with Crippen LogP contribution in [0.4, 0.5) is 5.82 Å². The first-order valence-electron chi connectivity index (χ1n) is 6.34. The van der Waals surface area contributed by atoms with E-state index < -0.39 is 5.97 Å². The minimum absolute atomic E-state index is 0.0319. The normalized spacial score (nSPS) is 12.1. The maximum absolute atomic E-state index is 11.9. The van der Waals surface area contributed by atoms with Gasteiger partial charge in [-0.15, -0.1) is 0 Å². The van der Waals surface area contributed by atoms with Crippen molar-refractivity contribution in [3.8, 4) is 28.6 Å². The van der Waals surface area contributed by atoms with Gasteiger partial charge in [0, 0.05) is 0 Å². The summed E-state index contributed by atoms with van der Waals surface area (Å²) < 4.78 is 20.5. The summed E-state index contributed by atoms with van der Waals surface area (Å²) in [5.74, 6) is 0.737. The highest BCUT2D eigenvalue weighted by molar-refractivity contribution is 5.92. The number of hydrogen-bond acceptors (Lipinski definition) is 8. The Hall–Kier alpha value is -3.03. The maximum Gasteiger partial charge on any atom is 0.360 e. The van der Waals surface area contributed by atoms with Crippen LogP contribution in [0.15, 0.2) is 18.2 Å². The molecule has 0 saturated heterocycles. The molecule has 0 amide bonds. The van der Waals surface area contributed by atoms with E-state index in [2.05, 4.69) is 9.97 Å². The SMILES string of the molecule is COC(=O)c1nc(-c2cccc3c2OCO3)nc(N)c1OC. The van der Waals surface area contributed by atoms with Crippen molar-refractivity contribution in [2.45, 2.75) is 0 Å². The number of anilines is 1. The van der Waals surface area contributed by atoms with E-state index in [1.807, 2.05) is 0 Å². The van der Waals surface area contributed by atoms with Gasteiger partial charge in [-0.25, -0.2) is 14.8 Å². The molecule has 0 aliphatic carbocycles. The predicted octanol–water partition coefficient (Wildman–Crippen LogP) is 1.25. The molecule has 0 saturated carbocycles. The molecule has 0 atom stereocenters.